The number of hydrogen-bond donors (Lipinski definition) is 3. The molecular weight excluding hydrogens is 458 g/mol. The lowest BCUT2D eigenvalue weighted by Crippen LogP contribution is -2.46. The van der Waals surface area contributed by atoms with E-state index in [-0.39, 0.29) is 24.3 Å². The highest BCUT2D eigenvalue weighted by atomic mass is 32.1. The minimum absolute atomic E-state index is 0.109. The molecular formula is C23H23N5O5S. The highest BCUT2D eigenvalue weighted by Gasteiger charge is 2.48. The summed E-state index contributed by atoms with van der Waals surface area (Å²) in [6.07, 6.45) is 2.92. The molecule has 0 saturated carbocycles. The Hall–Kier alpha value is -3.54. The number of carbonyl (C=O) groups excluding carboxylic acids is 1. The predicted molar refractivity (Wildman–Crippen MR) is 128 cm³/mol. The average Bonchev–Trinajstić information content (AvgIpc) is 3.60. The molecule has 0 radical (unpaired) electrons. The number of furan rings is 1. The van der Waals surface area contributed by atoms with Crippen molar-refractivity contribution in [2.45, 2.75) is 24.3 Å². The zero-order valence-corrected chi connectivity index (χ0v) is 19.1. The van der Waals surface area contributed by atoms with Crippen LogP contribution in [0.1, 0.15) is 10.4 Å². The van der Waals surface area contributed by atoms with Crippen LogP contribution in [0.3, 0.4) is 0 Å². The second-order valence-corrected chi connectivity index (χ2v) is 8.28. The van der Waals surface area contributed by atoms with Gasteiger partial charge in [0.1, 0.15) is 17.9 Å². The number of fused-ring (bicyclic) bond motifs is 1. The van der Waals surface area contributed by atoms with Gasteiger partial charge in [-0.2, -0.15) is 0 Å². The molecule has 4 heterocycles. The standard InChI is InChI=1S/C23H23N5O5S/c1-30-21(29)13-4-2-5-14(10-13)25-23(34)28-17-12-33-19-16(11-32-20(17)19)27-22-24-8-7-15(26-22)18-6-3-9-31-18/h2-10,16-17,19-20H,11-12H2,1H3,(H,24,26,27)(H2,25,28,34)/t16-,17-,19+,20+/m0/s1. The molecule has 3 N–H and O–H groups in total. The predicted octanol–water partition coefficient (Wildman–Crippen LogP) is 2.46. The minimum atomic E-state index is -0.411. The molecule has 2 aliphatic rings. The molecule has 5 rings (SSSR count). The number of rotatable bonds is 6. The van der Waals surface area contributed by atoms with Gasteiger partial charge in [0.05, 0.1) is 44.2 Å². The molecule has 4 atom stereocenters. The second-order valence-electron chi connectivity index (χ2n) is 7.87. The van der Waals surface area contributed by atoms with Crippen LogP contribution in [0.15, 0.2) is 59.3 Å². The van der Waals surface area contributed by atoms with Gasteiger partial charge < -0.3 is 34.6 Å². The molecule has 3 aromatic rings. The zero-order valence-electron chi connectivity index (χ0n) is 18.3. The molecule has 176 valence electrons. The van der Waals surface area contributed by atoms with E-state index in [4.69, 9.17) is 30.8 Å². The van der Waals surface area contributed by atoms with Crippen LogP contribution in [0.5, 0.6) is 0 Å². The summed E-state index contributed by atoms with van der Waals surface area (Å²) in [6, 6.07) is 12.1. The maximum atomic E-state index is 11.7. The molecule has 0 spiro atoms. The molecule has 11 heteroatoms. The largest absolute Gasteiger partial charge is 0.465 e. The topological polar surface area (TPSA) is 120 Å². The SMILES string of the molecule is COC(=O)c1cccc(NC(=S)N[C@H]2CO[C@H]3[C@@H]2OC[C@@H]3Nc2nccc(-c3ccco3)n2)c1. The number of nitrogens with zero attached hydrogens (tertiary/aromatic N) is 2. The van der Waals surface area contributed by atoms with Gasteiger partial charge in [-0.25, -0.2) is 14.8 Å². The monoisotopic (exact) mass is 481 g/mol. The summed E-state index contributed by atoms with van der Waals surface area (Å²) < 4.78 is 22.2. The van der Waals surface area contributed by atoms with Gasteiger partial charge in [-0.1, -0.05) is 6.07 Å². The van der Waals surface area contributed by atoms with Crippen LogP contribution in [-0.2, 0) is 14.2 Å². The first-order valence-electron chi connectivity index (χ1n) is 10.7. The summed E-state index contributed by atoms with van der Waals surface area (Å²) in [5.41, 5.74) is 1.81. The number of thiocarbonyl (C=S) groups is 1. The first-order valence-corrected chi connectivity index (χ1v) is 11.1. The third kappa shape index (κ3) is 4.72. The van der Waals surface area contributed by atoms with E-state index in [1.54, 1.807) is 36.7 Å². The van der Waals surface area contributed by atoms with Crippen LogP contribution in [0, 0.1) is 0 Å². The third-order valence-corrected chi connectivity index (χ3v) is 5.88. The quantitative estimate of drug-likeness (QED) is 0.356. The van der Waals surface area contributed by atoms with Crippen LogP contribution in [0.2, 0.25) is 0 Å². The Bertz CT molecular complexity index is 1170. The van der Waals surface area contributed by atoms with Crippen molar-refractivity contribution in [2.75, 3.05) is 31.0 Å². The molecule has 2 aliphatic heterocycles. The van der Waals surface area contributed by atoms with Crippen LogP contribution in [0.25, 0.3) is 11.5 Å². The van der Waals surface area contributed by atoms with Crippen LogP contribution in [-0.4, -0.2) is 65.7 Å². The van der Waals surface area contributed by atoms with Gasteiger partial charge in [-0.15, -0.1) is 0 Å². The van der Waals surface area contributed by atoms with Gasteiger partial charge in [0, 0.05) is 11.9 Å². The lowest BCUT2D eigenvalue weighted by molar-refractivity contribution is 0.0601. The fraction of sp³-hybridized carbons (Fsp3) is 0.304. The van der Waals surface area contributed by atoms with Crippen LogP contribution >= 0.6 is 12.2 Å². The summed E-state index contributed by atoms with van der Waals surface area (Å²) in [7, 11) is 1.34. The zero-order chi connectivity index (χ0) is 23.5. The van der Waals surface area contributed by atoms with E-state index < -0.39 is 5.97 Å². The molecule has 2 fully saturated rings. The summed E-state index contributed by atoms with van der Waals surface area (Å²) in [5, 5.41) is 10.1. The minimum Gasteiger partial charge on any atom is -0.465 e. The van der Waals surface area contributed by atoms with Crippen molar-refractivity contribution < 1.29 is 23.4 Å². The number of hydrogen-bond acceptors (Lipinski definition) is 9. The average molecular weight is 482 g/mol. The van der Waals surface area contributed by atoms with Crippen LogP contribution < -0.4 is 16.0 Å². The lowest BCUT2D eigenvalue weighted by atomic mass is 10.1. The number of carbonyl (C=O) groups is 1. The normalized spacial score (nSPS) is 23.2. The van der Waals surface area contributed by atoms with E-state index >= 15 is 0 Å². The van der Waals surface area contributed by atoms with Gasteiger partial charge in [0.15, 0.2) is 10.9 Å². The fourth-order valence-electron chi connectivity index (χ4n) is 4.08. The summed E-state index contributed by atoms with van der Waals surface area (Å²) in [4.78, 5) is 20.6. The number of esters is 1. The first-order chi connectivity index (χ1) is 16.6. The van der Waals surface area contributed by atoms with Crippen molar-refractivity contribution in [3.63, 3.8) is 0 Å². The molecule has 0 bridgehead atoms. The van der Waals surface area contributed by atoms with Gasteiger partial charge in [-0.3, -0.25) is 0 Å². The first kappa shape index (κ1) is 22.3. The molecule has 0 unspecified atom stereocenters. The molecule has 2 aromatic heterocycles. The maximum absolute atomic E-state index is 11.7. The Labute approximate surface area is 201 Å². The Morgan fingerprint density at radius 2 is 1.94 bits per heavy atom. The Balaban J connectivity index is 1.18. The summed E-state index contributed by atoms with van der Waals surface area (Å²) in [5.74, 6) is 0.738. The maximum Gasteiger partial charge on any atom is 0.337 e. The molecule has 0 aliphatic carbocycles. The molecule has 34 heavy (non-hydrogen) atoms. The van der Waals surface area contributed by atoms with E-state index in [2.05, 4.69) is 25.9 Å². The van der Waals surface area contributed by atoms with Crippen molar-refractivity contribution in [1.29, 1.82) is 0 Å². The van der Waals surface area contributed by atoms with Crippen molar-refractivity contribution in [3.8, 4) is 11.5 Å². The van der Waals surface area contributed by atoms with Gasteiger partial charge in [0.25, 0.3) is 0 Å². The van der Waals surface area contributed by atoms with Crippen molar-refractivity contribution >= 4 is 34.9 Å². The number of aromatic nitrogens is 2. The number of benzene rings is 1. The van der Waals surface area contributed by atoms with E-state index in [0.29, 0.717) is 47.0 Å². The van der Waals surface area contributed by atoms with E-state index in [0.717, 1.165) is 0 Å². The molecule has 2 saturated heterocycles. The smallest absolute Gasteiger partial charge is 0.337 e. The highest BCUT2D eigenvalue weighted by molar-refractivity contribution is 7.80. The fourth-order valence-corrected chi connectivity index (χ4v) is 4.35. The summed E-state index contributed by atoms with van der Waals surface area (Å²) in [6.45, 7) is 0.883. The highest BCUT2D eigenvalue weighted by Crippen LogP contribution is 2.29. The number of nitrogens with one attached hydrogen (secondary N) is 3. The van der Waals surface area contributed by atoms with E-state index in [9.17, 15) is 4.79 Å². The van der Waals surface area contributed by atoms with Crippen molar-refractivity contribution in [3.05, 3.63) is 60.5 Å². The Morgan fingerprint density at radius 1 is 1.12 bits per heavy atom. The van der Waals surface area contributed by atoms with Gasteiger partial charge >= 0.3 is 5.97 Å². The van der Waals surface area contributed by atoms with Crippen molar-refractivity contribution in [2.24, 2.45) is 0 Å². The van der Waals surface area contributed by atoms with Crippen LogP contribution in [0.4, 0.5) is 11.6 Å². The van der Waals surface area contributed by atoms with Crippen molar-refractivity contribution in [1.82, 2.24) is 15.3 Å². The van der Waals surface area contributed by atoms with Gasteiger partial charge in [-0.05, 0) is 48.6 Å². The summed E-state index contributed by atoms with van der Waals surface area (Å²) >= 11 is 5.46. The number of anilines is 2. The number of ether oxygens (including phenoxy) is 3. The molecule has 0 amide bonds. The second kappa shape index (κ2) is 9.75. The number of methoxy groups -OCH3 is 1. The molecule has 10 nitrogen and oxygen atoms in total. The van der Waals surface area contributed by atoms with Gasteiger partial charge in [0.2, 0.25) is 5.95 Å². The van der Waals surface area contributed by atoms with E-state index in [1.807, 2.05) is 18.2 Å². The van der Waals surface area contributed by atoms with E-state index in [1.165, 1.54) is 7.11 Å². The Kier molecular flexibility index (Phi) is 6.39. The third-order valence-electron chi connectivity index (χ3n) is 5.66. The lowest BCUT2D eigenvalue weighted by Gasteiger charge is -2.20. The molecule has 1 aromatic carbocycles. The Morgan fingerprint density at radius 3 is 2.74 bits per heavy atom.